The summed E-state index contributed by atoms with van der Waals surface area (Å²) in [4.78, 5) is 18.4. The molecule has 6 heteroatoms. The van der Waals surface area contributed by atoms with Gasteiger partial charge in [-0.3, -0.25) is 14.7 Å². The highest BCUT2D eigenvalue weighted by atomic mass is 16.5. The molecule has 2 heterocycles. The van der Waals surface area contributed by atoms with Crippen LogP contribution in [0.1, 0.15) is 39.3 Å². The van der Waals surface area contributed by atoms with E-state index in [-0.39, 0.29) is 6.04 Å². The zero-order valence-electron chi connectivity index (χ0n) is 16.7. The first-order valence-electron chi connectivity index (χ1n) is 9.55. The number of aliphatic hydroxyl groups excluding tert-OH is 1. The molecule has 1 aliphatic rings. The van der Waals surface area contributed by atoms with Gasteiger partial charge < -0.3 is 14.6 Å². The van der Waals surface area contributed by atoms with Crippen LogP contribution < -0.4 is 4.74 Å². The van der Waals surface area contributed by atoms with Crippen LogP contribution in [0, 0.1) is 6.92 Å². The van der Waals surface area contributed by atoms with Crippen LogP contribution in [-0.4, -0.2) is 60.8 Å². The molecule has 1 aromatic heterocycles. The molecule has 1 N–H and O–H groups in total. The summed E-state index contributed by atoms with van der Waals surface area (Å²) in [6, 6.07) is 9.74. The number of aromatic nitrogens is 1. The van der Waals surface area contributed by atoms with Crippen LogP contribution in [0.2, 0.25) is 0 Å². The summed E-state index contributed by atoms with van der Waals surface area (Å²) >= 11 is 0. The van der Waals surface area contributed by atoms with Crippen molar-refractivity contribution in [1.82, 2.24) is 9.88 Å². The van der Waals surface area contributed by atoms with Crippen molar-refractivity contribution >= 4 is 6.29 Å². The van der Waals surface area contributed by atoms with Gasteiger partial charge in [-0.1, -0.05) is 12.1 Å². The van der Waals surface area contributed by atoms with Crippen molar-refractivity contribution in [3.05, 3.63) is 58.4 Å². The van der Waals surface area contributed by atoms with Crippen molar-refractivity contribution in [3.63, 3.8) is 0 Å². The highest BCUT2D eigenvalue weighted by Crippen LogP contribution is 2.21. The maximum absolute atomic E-state index is 11.7. The van der Waals surface area contributed by atoms with Crippen LogP contribution in [-0.2, 0) is 17.7 Å². The van der Waals surface area contributed by atoms with E-state index in [1.807, 2.05) is 49.2 Å². The van der Waals surface area contributed by atoms with Crippen molar-refractivity contribution in [2.24, 2.45) is 0 Å². The van der Waals surface area contributed by atoms with Crippen molar-refractivity contribution in [2.75, 3.05) is 27.4 Å². The summed E-state index contributed by atoms with van der Waals surface area (Å²) in [5.41, 5.74) is 4.39. The number of carbonyl (C=O) groups excluding carboxylic acids is 1. The maximum atomic E-state index is 11.7. The molecule has 6 nitrogen and oxygen atoms in total. The molecular weight excluding hydrogens is 356 g/mol. The van der Waals surface area contributed by atoms with E-state index < -0.39 is 6.10 Å². The number of pyridine rings is 1. The molecule has 2 atom stereocenters. The van der Waals surface area contributed by atoms with Gasteiger partial charge in [-0.15, -0.1) is 0 Å². The Morgan fingerprint density at radius 3 is 2.75 bits per heavy atom. The van der Waals surface area contributed by atoms with Crippen LogP contribution in [0.3, 0.4) is 0 Å². The van der Waals surface area contributed by atoms with Gasteiger partial charge in [0.05, 0.1) is 31.6 Å². The lowest BCUT2D eigenvalue weighted by Crippen LogP contribution is -2.47. The summed E-state index contributed by atoms with van der Waals surface area (Å²) < 4.78 is 10.7. The second-order valence-corrected chi connectivity index (χ2v) is 7.32. The highest BCUT2D eigenvalue weighted by molar-refractivity contribution is 5.77. The van der Waals surface area contributed by atoms with Gasteiger partial charge >= 0.3 is 0 Å². The number of likely N-dealkylation sites (N-methyl/N-ethyl adjacent to an activating group) is 1. The van der Waals surface area contributed by atoms with E-state index in [1.54, 1.807) is 7.11 Å². The molecule has 0 bridgehead atoms. The monoisotopic (exact) mass is 384 g/mol. The van der Waals surface area contributed by atoms with Gasteiger partial charge in [0.15, 0.2) is 6.29 Å². The minimum atomic E-state index is -0.422. The third-order valence-electron chi connectivity index (χ3n) is 5.37. The molecule has 0 aliphatic carbocycles. The molecule has 2 unspecified atom stereocenters. The quantitative estimate of drug-likeness (QED) is 0.739. The van der Waals surface area contributed by atoms with Crippen molar-refractivity contribution < 1.29 is 19.4 Å². The lowest BCUT2D eigenvalue weighted by atomic mass is 10.00. The topological polar surface area (TPSA) is 71.9 Å². The Morgan fingerprint density at radius 2 is 2.11 bits per heavy atom. The third kappa shape index (κ3) is 4.76. The van der Waals surface area contributed by atoms with E-state index in [2.05, 4.69) is 0 Å². The Labute approximate surface area is 166 Å². The molecule has 1 fully saturated rings. The van der Waals surface area contributed by atoms with Gasteiger partial charge in [-0.2, -0.15) is 0 Å². The number of hydrogen-bond acceptors (Lipinski definition) is 6. The molecule has 0 spiro atoms. The number of aldehydes is 1. The van der Waals surface area contributed by atoms with Gasteiger partial charge in [0.25, 0.3) is 0 Å². The van der Waals surface area contributed by atoms with Gasteiger partial charge in [0, 0.05) is 24.4 Å². The van der Waals surface area contributed by atoms with E-state index in [9.17, 15) is 9.90 Å². The van der Waals surface area contributed by atoms with E-state index >= 15 is 0 Å². The Hall–Kier alpha value is -2.28. The Kier molecular flexibility index (Phi) is 6.78. The summed E-state index contributed by atoms with van der Waals surface area (Å²) in [6.45, 7) is 3.53. The molecule has 150 valence electrons. The highest BCUT2D eigenvalue weighted by Gasteiger charge is 2.28. The number of methoxy groups -OCH3 is 1. The van der Waals surface area contributed by atoms with Crippen LogP contribution in [0.25, 0.3) is 0 Å². The molecule has 2 aromatic rings. The minimum absolute atomic E-state index is 0.0886. The Balaban J connectivity index is 1.77. The van der Waals surface area contributed by atoms with E-state index in [4.69, 9.17) is 14.5 Å². The molecule has 28 heavy (non-hydrogen) atoms. The van der Waals surface area contributed by atoms with Crippen LogP contribution in [0.4, 0.5) is 0 Å². The summed E-state index contributed by atoms with van der Waals surface area (Å²) in [6.07, 6.45) is 1.77. The predicted molar refractivity (Wildman–Crippen MR) is 107 cm³/mol. The first-order valence-corrected chi connectivity index (χ1v) is 9.55. The standard InChI is InChI=1S/C22H28N2O4/c1-15-17(10-16-4-6-19(27-3)7-5-16)11-18(13-25)20(23-15)12-24(2)21-14-28-9-8-22(21)26/h4-7,11,13,21-22,26H,8-10,12,14H2,1-3H3. The molecular formula is C22H28N2O4. The molecule has 1 aliphatic heterocycles. The van der Waals surface area contributed by atoms with Crippen molar-refractivity contribution in [1.29, 1.82) is 0 Å². The lowest BCUT2D eigenvalue weighted by Gasteiger charge is -2.35. The summed E-state index contributed by atoms with van der Waals surface area (Å²) in [7, 11) is 3.58. The Morgan fingerprint density at radius 1 is 1.36 bits per heavy atom. The van der Waals surface area contributed by atoms with E-state index in [0.717, 1.165) is 34.6 Å². The van der Waals surface area contributed by atoms with Gasteiger partial charge in [-0.25, -0.2) is 0 Å². The molecule has 3 rings (SSSR count). The van der Waals surface area contributed by atoms with Crippen LogP contribution in [0.5, 0.6) is 5.75 Å². The van der Waals surface area contributed by atoms with Crippen LogP contribution in [0.15, 0.2) is 30.3 Å². The fourth-order valence-corrected chi connectivity index (χ4v) is 3.57. The molecule has 0 radical (unpaired) electrons. The molecule has 0 amide bonds. The van der Waals surface area contributed by atoms with Gasteiger partial charge in [0.1, 0.15) is 5.75 Å². The number of nitrogens with zero attached hydrogens (tertiary/aromatic N) is 2. The SMILES string of the molecule is COc1ccc(Cc2cc(C=O)c(CN(C)C3COCCC3O)nc2C)cc1. The van der Waals surface area contributed by atoms with E-state index in [0.29, 0.717) is 38.2 Å². The fraction of sp³-hybridized carbons (Fsp3) is 0.455. The van der Waals surface area contributed by atoms with Gasteiger partial charge in [0.2, 0.25) is 0 Å². The average Bonchev–Trinajstić information content (AvgIpc) is 2.70. The molecule has 0 saturated carbocycles. The lowest BCUT2D eigenvalue weighted by molar-refractivity contribution is -0.0565. The first kappa shape index (κ1) is 20.5. The average molecular weight is 384 g/mol. The number of aryl methyl sites for hydroxylation is 1. The fourth-order valence-electron chi connectivity index (χ4n) is 3.57. The first-order chi connectivity index (χ1) is 13.5. The second kappa shape index (κ2) is 9.28. The normalized spacial score (nSPS) is 19.6. The van der Waals surface area contributed by atoms with Crippen molar-refractivity contribution in [3.8, 4) is 5.75 Å². The predicted octanol–water partition coefficient (Wildman–Crippen LogP) is 2.38. The number of benzene rings is 1. The largest absolute Gasteiger partial charge is 0.497 e. The number of ether oxygens (including phenoxy) is 2. The maximum Gasteiger partial charge on any atom is 0.151 e. The summed E-state index contributed by atoms with van der Waals surface area (Å²) in [5, 5.41) is 10.2. The van der Waals surface area contributed by atoms with E-state index in [1.165, 1.54) is 0 Å². The van der Waals surface area contributed by atoms with Crippen molar-refractivity contribution in [2.45, 2.75) is 38.5 Å². The number of carbonyl (C=O) groups is 1. The van der Waals surface area contributed by atoms with Crippen LogP contribution >= 0.6 is 0 Å². The summed E-state index contributed by atoms with van der Waals surface area (Å²) in [5.74, 6) is 0.819. The number of aliphatic hydroxyl groups is 1. The molecule has 1 saturated heterocycles. The third-order valence-corrected chi connectivity index (χ3v) is 5.37. The minimum Gasteiger partial charge on any atom is -0.497 e. The number of hydrogen-bond donors (Lipinski definition) is 1. The Bertz CT molecular complexity index is 807. The van der Waals surface area contributed by atoms with Gasteiger partial charge in [-0.05, 0) is 56.1 Å². The zero-order valence-corrected chi connectivity index (χ0v) is 16.7. The number of rotatable bonds is 7. The zero-order chi connectivity index (χ0) is 20.1. The molecule has 1 aromatic carbocycles. The second-order valence-electron chi connectivity index (χ2n) is 7.32. The smallest absolute Gasteiger partial charge is 0.151 e.